The number of hydrogen-bond acceptors (Lipinski definition) is 4. The van der Waals surface area contributed by atoms with Crippen molar-refractivity contribution in [3.8, 4) is 0 Å². The Morgan fingerprint density at radius 2 is 2.06 bits per heavy atom. The lowest BCUT2D eigenvalue weighted by Crippen LogP contribution is -2.25. The highest BCUT2D eigenvalue weighted by atomic mass is 32.1. The molecule has 1 aromatic rings. The van der Waals surface area contributed by atoms with Gasteiger partial charge < -0.3 is 10.2 Å². The van der Waals surface area contributed by atoms with E-state index in [1.807, 2.05) is 11.6 Å². The Kier molecular flexibility index (Phi) is 8.22. The molecule has 1 N–H and O–H groups in total. The molecule has 0 bridgehead atoms. The Labute approximate surface area is 109 Å². The standard InChI is InChI=1S/C13H25N3S/c1-3-16(4-2)11-6-5-8-14-9-7-13-15-10-12-17-13/h10,12,14H,3-9,11H2,1-2H3. The van der Waals surface area contributed by atoms with Crippen molar-refractivity contribution in [3.05, 3.63) is 16.6 Å². The van der Waals surface area contributed by atoms with Gasteiger partial charge in [0, 0.05) is 24.5 Å². The zero-order chi connectivity index (χ0) is 12.3. The van der Waals surface area contributed by atoms with Crippen molar-refractivity contribution in [2.24, 2.45) is 0 Å². The Balaban J connectivity index is 1.87. The molecule has 17 heavy (non-hydrogen) atoms. The van der Waals surface area contributed by atoms with Crippen molar-refractivity contribution < 1.29 is 0 Å². The molecule has 0 aliphatic carbocycles. The molecule has 1 aromatic heterocycles. The molecule has 0 spiro atoms. The van der Waals surface area contributed by atoms with Gasteiger partial charge in [-0.1, -0.05) is 13.8 Å². The van der Waals surface area contributed by atoms with E-state index < -0.39 is 0 Å². The SMILES string of the molecule is CCN(CC)CCCCNCCc1nccs1. The van der Waals surface area contributed by atoms with Crippen molar-refractivity contribution in [2.75, 3.05) is 32.7 Å². The Bertz CT molecular complexity index is 258. The molecular formula is C13H25N3S. The smallest absolute Gasteiger partial charge is 0.0937 e. The fourth-order valence-electron chi connectivity index (χ4n) is 1.82. The number of unbranched alkanes of at least 4 members (excludes halogenated alkanes) is 1. The first-order chi connectivity index (χ1) is 8.36. The normalized spacial score (nSPS) is 11.2. The lowest BCUT2D eigenvalue weighted by molar-refractivity contribution is 0.296. The van der Waals surface area contributed by atoms with E-state index in [9.17, 15) is 0 Å². The van der Waals surface area contributed by atoms with E-state index in [0.717, 1.165) is 19.5 Å². The second-order valence-corrected chi connectivity index (χ2v) is 5.14. The fourth-order valence-corrected chi connectivity index (χ4v) is 2.44. The summed E-state index contributed by atoms with van der Waals surface area (Å²) in [5.74, 6) is 0. The molecule has 3 nitrogen and oxygen atoms in total. The molecule has 4 heteroatoms. The first-order valence-electron chi connectivity index (χ1n) is 6.68. The first kappa shape index (κ1) is 14.6. The lowest BCUT2D eigenvalue weighted by Gasteiger charge is -2.17. The summed E-state index contributed by atoms with van der Waals surface area (Å²) >= 11 is 1.74. The summed E-state index contributed by atoms with van der Waals surface area (Å²) in [6.07, 6.45) is 5.51. The van der Waals surface area contributed by atoms with Gasteiger partial charge in [0.05, 0.1) is 5.01 Å². The minimum absolute atomic E-state index is 1.05. The average molecular weight is 255 g/mol. The molecule has 0 atom stereocenters. The molecule has 0 aliphatic rings. The molecule has 0 radical (unpaired) electrons. The third kappa shape index (κ3) is 6.76. The summed E-state index contributed by atoms with van der Waals surface area (Å²) in [5, 5.41) is 6.76. The Morgan fingerprint density at radius 1 is 1.24 bits per heavy atom. The number of thiazole rings is 1. The van der Waals surface area contributed by atoms with Crippen molar-refractivity contribution >= 4 is 11.3 Å². The molecule has 0 amide bonds. The zero-order valence-electron chi connectivity index (χ0n) is 11.1. The molecule has 98 valence electrons. The van der Waals surface area contributed by atoms with Gasteiger partial charge in [0.1, 0.15) is 0 Å². The van der Waals surface area contributed by atoms with E-state index in [1.54, 1.807) is 11.3 Å². The Hall–Kier alpha value is -0.450. The maximum Gasteiger partial charge on any atom is 0.0937 e. The third-order valence-corrected chi connectivity index (χ3v) is 3.81. The molecule has 0 saturated heterocycles. The molecule has 0 fully saturated rings. The molecule has 0 saturated carbocycles. The first-order valence-corrected chi connectivity index (χ1v) is 7.56. The second kappa shape index (κ2) is 9.57. The van der Waals surface area contributed by atoms with Crippen LogP contribution >= 0.6 is 11.3 Å². The predicted molar refractivity (Wildman–Crippen MR) is 75.7 cm³/mol. The Morgan fingerprint density at radius 3 is 2.71 bits per heavy atom. The van der Waals surface area contributed by atoms with Gasteiger partial charge in [0.2, 0.25) is 0 Å². The number of hydrogen-bond donors (Lipinski definition) is 1. The van der Waals surface area contributed by atoms with E-state index in [1.165, 1.54) is 37.5 Å². The van der Waals surface area contributed by atoms with Crippen LogP contribution in [0.1, 0.15) is 31.7 Å². The highest BCUT2D eigenvalue weighted by molar-refractivity contribution is 7.09. The van der Waals surface area contributed by atoms with E-state index in [-0.39, 0.29) is 0 Å². The van der Waals surface area contributed by atoms with Crippen LogP contribution in [0.4, 0.5) is 0 Å². The minimum Gasteiger partial charge on any atom is -0.316 e. The maximum atomic E-state index is 4.27. The van der Waals surface area contributed by atoms with E-state index in [0.29, 0.717) is 0 Å². The van der Waals surface area contributed by atoms with Crippen molar-refractivity contribution in [1.29, 1.82) is 0 Å². The number of nitrogens with one attached hydrogen (secondary N) is 1. The van der Waals surface area contributed by atoms with Crippen LogP contribution in [0.25, 0.3) is 0 Å². The molecule has 0 unspecified atom stereocenters. The van der Waals surface area contributed by atoms with Crippen molar-refractivity contribution in [1.82, 2.24) is 15.2 Å². The van der Waals surface area contributed by atoms with Crippen LogP contribution in [0.5, 0.6) is 0 Å². The summed E-state index contributed by atoms with van der Waals surface area (Å²) in [7, 11) is 0. The van der Waals surface area contributed by atoms with Crippen LogP contribution < -0.4 is 5.32 Å². The molecule has 0 aromatic carbocycles. The fraction of sp³-hybridized carbons (Fsp3) is 0.769. The van der Waals surface area contributed by atoms with Gasteiger partial charge in [-0.25, -0.2) is 4.98 Å². The minimum atomic E-state index is 1.05. The number of nitrogens with zero attached hydrogens (tertiary/aromatic N) is 2. The largest absolute Gasteiger partial charge is 0.316 e. The summed E-state index contributed by atoms with van der Waals surface area (Å²) in [6.45, 7) is 10.2. The van der Waals surface area contributed by atoms with Crippen LogP contribution in [0.15, 0.2) is 11.6 Å². The molecular weight excluding hydrogens is 230 g/mol. The maximum absolute atomic E-state index is 4.27. The average Bonchev–Trinajstić information content (AvgIpc) is 2.86. The third-order valence-electron chi connectivity index (χ3n) is 2.97. The quantitative estimate of drug-likeness (QED) is 0.651. The van der Waals surface area contributed by atoms with Gasteiger partial charge in [-0.15, -0.1) is 11.3 Å². The van der Waals surface area contributed by atoms with Crippen LogP contribution in [0, 0.1) is 0 Å². The monoisotopic (exact) mass is 255 g/mol. The number of aromatic nitrogens is 1. The van der Waals surface area contributed by atoms with Crippen LogP contribution in [0.3, 0.4) is 0 Å². The van der Waals surface area contributed by atoms with Gasteiger partial charge >= 0.3 is 0 Å². The van der Waals surface area contributed by atoms with E-state index >= 15 is 0 Å². The summed E-state index contributed by atoms with van der Waals surface area (Å²) in [5.41, 5.74) is 0. The summed E-state index contributed by atoms with van der Waals surface area (Å²) < 4.78 is 0. The molecule has 0 aliphatic heterocycles. The number of rotatable bonds is 10. The van der Waals surface area contributed by atoms with Gasteiger partial charge in [-0.2, -0.15) is 0 Å². The summed E-state index contributed by atoms with van der Waals surface area (Å²) in [4.78, 5) is 6.75. The van der Waals surface area contributed by atoms with Crippen LogP contribution in [-0.2, 0) is 6.42 Å². The highest BCUT2D eigenvalue weighted by Crippen LogP contribution is 2.03. The van der Waals surface area contributed by atoms with Gasteiger partial charge in [-0.05, 0) is 39.0 Å². The highest BCUT2D eigenvalue weighted by Gasteiger charge is 1.98. The van der Waals surface area contributed by atoms with Crippen molar-refractivity contribution in [2.45, 2.75) is 33.1 Å². The molecule has 1 rings (SSSR count). The van der Waals surface area contributed by atoms with Gasteiger partial charge in [0.15, 0.2) is 0 Å². The summed E-state index contributed by atoms with van der Waals surface area (Å²) in [6, 6.07) is 0. The van der Waals surface area contributed by atoms with Gasteiger partial charge in [0.25, 0.3) is 0 Å². The topological polar surface area (TPSA) is 28.2 Å². The lowest BCUT2D eigenvalue weighted by atomic mass is 10.3. The zero-order valence-corrected chi connectivity index (χ0v) is 11.9. The van der Waals surface area contributed by atoms with Crippen molar-refractivity contribution in [3.63, 3.8) is 0 Å². The molecule has 1 heterocycles. The van der Waals surface area contributed by atoms with Crippen LogP contribution in [0.2, 0.25) is 0 Å². The second-order valence-electron chi connectivity index (χ2n) is 4.16. The van der Waals surface area contributed by atoms with E-state index in [2.05, 4.69) is 29.0 Å². The predicted octanol–water partition coefficient (Wildman–Crippen LogP) is 2.40. The van der Waals surface area contributed by atoms with Crippen LogP contribution in [-0.4, -0.2) is 42.6 Å². The van der Waals surface area contributed by atoms with Gasteiger partial charge in [-0.3, -0.25) is 0 Å². The van der Waals surface area contributed by atoms with E-state index in [4.69, 9.17) is 0 Å².